The van der Waals surface area contributed by atoms with Gasteiger partial charge in [-0.1, -0.05) is 6.07 Å². The highest BCUT2D eigenvalue weighted by Crippen LogP contribution is 2.28. The molecule has 1 aromatic carbocycles. The molecule has 0 aliphatic carbocycles. The number of carbonyl (C=O) groups excluding carboxylic acids is 1. The van der Waals surface area contributed by atoms with E-state index in [0.29, 0.717) is 51.0 Å². The zero-order valence-electron chi connectivity index (χ0n) is 14.8. The lowest BCUT2D eigenvalue weighted by Crippen LogP contribution is -2.43. The standard InChI is InChI=1S/C17H26N2O5.ClH/c1-21-8-5-18-12-14-3-4-15(16(11-14)22-2)24-13-17(20)19-6-9-23-10-7-19;/h3-4,11,18H,5-10,12-13H2,1-2H3;1H. The van der Waals surface area contributed by atoms with Gasteiger partial charge in [-0.2, -0.15) is 0 Å². The van der Waals surface area contributed by atoms with E-state index in [0.717, 1.165) is 12.1 Å². The van der Waals surface area contributed by atoms with Gasteiger partial charge in [0.05, 0.1) is 26.9 Å². The maximum atomic E-state index is 12.1. The summed E-state index contributed by atoms with van der Waals surface area (Å²) in [5.74, 6) is 1.15. The van der Waals surface area contributed by atoms with E-state index in [1.807, 2.05) is 18.2 Å². The zero-order valence-corrected chi connectivity index (χ0v) is 15.6. The first-order valence-corrected chi connectivity index (χ1v) is 8.09. The topological polar surface area (TPSA) is 69.3 Å². The highest BCUT2D eigenvalue weighted by molar-refractivity contribution is 5.85. The second-order valence-electron chi connectivity index (χ2n) is 5.44. The summed E-state index contributed by atoms with van der Waals surface area (Å²) in [5, 5.41) is 3.27. The Bertz CT molecular complexity index is 524. The Hall–Kier alpha value is -1.54. The number of nitrogens with one attached hydrogen (secondary N) is 1. The Morgan fingerprint density at radius 1 is 1.24 bits per heavy atom. The minimum absolute atomic E-state index is 0. The quantitative estimate of drug-likeness (QED) is 0.652. The van der Waals surface area contributed by atoms with Crippen LogP contribution in [0.25, 0.3) is 0 Å². The predicted molar refractivity (Wildman–Crippen MR) is 96.7 cm³/mol. The van der Waals surface area contributed by atoms with Gasteiger partial charge in [0.1, 0.15) is 0 Å². The van der Waals surface area contributed by atoms with Crippen LogP contribution in [-0.2, 0) is 20.8 Å². The Labute approximate surface area is 155 Å². The van der Waals surface area contributed by atoms with Gasteiger partial charge < -0.3 is 29.2 Å². The number of benzene rings is 1. The van der Waals surface area contributed by atoms with Gasteiger partial charge in [0.15, 0.2) is 18.1 Å². The largest absolute Gasteiger partial charge is 0.493 e. The van der Waals surface area contributed by atoms with Crippen molar-refractivity contribution >= 4 is 18.3 Å². The number of amides is 1. The highest BCUT2D eigenvalue weighted by atomic mass is 35.5. The molecule has 25 heavy (non-hydrogen) atoms. The highest BCUT2D eigenvalue weighted by Gasteiger charge is 2.18. The maximum absolute atomic E-state index is 12.1. The molecule has 7 nitrogen and oxygen atoms in total. The van der Waals surface area contributed by atoms with E-state index in [1.54, 1.807) is 19.1 Å². The Morgan fingerprint density at radius 3 is 2.68 bits per heavy atom. The molecule has 8 heteroatoms. The van der Waals surface area contributed by atoms with Crippen LogP contribution in [0.2, 0.25) is 0 Å². The van der Waals surface area contributed by atoms with Gasteiger partial charge in [-0.15, -0.1) is 12.4 Å². The van der Waals surface area contributed by atoms with E-state index < -0.39 is 0 Å². The van der Waals surface area contributed by atoms with Crippen LogP contribution in [-0.4, -0.2) is 71.1 Å². The second kappa shape index (κ2) is 11.9. The normalized spacial score (nSPS) is 13.9. The summed E-state index contributed by atoms with van der Waals surface area (Å²) in [4.78, 5) is 13.9. The van der Waals surface area contributed by atoms with Gasteiger partial charge in [-0.05, 0) is 17.7 Å². The fourth-order valence-corrected chi connectivity index (χ4v) is 2.39. The fourth-order valence-electron chi connectivity index (χ4n) is 2.39. The van der Waals surface area contributed by atoms with Crippen molar-refractivity contribution < 1.29 is 23.7 Å². The molecule has 1 aromatic rings. The smallest absolute Gasteiger partial charge is 0.260 e. The lowest BCUT2D eigenvalue weighted by atomic mass is 10.2. The lowest BCUT2D eigenvalue weighted by Gasteiger charge is -2.26. The monoisotopic (exact) mass is 374 g/mol. The van der Waals surface area contributed by atoms with Crippen LogP contribution in [0.3, 0.4) is 0 Å². The molecule has 0 atom stereocenters. The fraction of sp³-hybridized carbons (Fsp3) is 0.588. The Kier molecular flexibility index (Phi) is 10.3. The molecule has 0 bridgehead atoms. The SMILES string of the molecule is COCCNCc1ccc(OCC(=O)N2CCOCC2)c(OC)c1.Cl. The van der Waals surface area contributed by atoms with Crippen molar-refractivity contribution in [1.29, 1.82) is 0 Å². The predicted octanol–water partition coefficient (Wildman–Crippen LogP) is 1.09. The molecule has 0 saturated carbocycles. The minimum Gasteiger partial charge on any atom is -0.493 e. The summed E-state index contributed by atoms with van der Waals surface area (Å²) in [6.45, 7) is 4.57. The number of morpholine rings is 1. The number of methoxy groups -OCH3 is 2. The molecule has 0 radical (unpaired) electrons. The first kappa shape index (κ1) is 21.5. The van der Waals surface area contributed by atoms with Crippen LogP contribution in [0.15, 0.2) is 18.2 Å². The van der Waals surface area contributed by atoms with Crippen LogP contribution < -0.4 is 14.8 Å². The van der Waals surface area contributed by atoms with Crippen molar-refractivity contribution in [2.24, 2.45) is 0 Å². The average molecular weight is 375 g/mol. The van der Waals surface area contributed by atoms with Crippen molar-refractivity contribution in [3.63, 3.8) is 0 Å². The summed E-state index contributed by atoms with van der Waals surface area (Å²) >= 11 is 0. The molecule has 0 aromatic heterocycles. The molecule has 0 unspecified atom stereocenters. The summed E-state index contributed by atoms with van der Waals surface area (Å²) in [7, 11) is 3.27. The molecule has 1 fully saturated rings. The van der Waals surface area contributed by atoms with E-state index in [9.17, 15) is 4.79 Å². The van der Waals surface area contributed by atoms with E-state index in [2.05, 4.69) is 5.32 Å². The van der Waals surface area contributed by atoms with E-state index in [-0.39, 0.29) is 24.9 Å². The van der Waals surface area contributed by atoms with Crippen molar-refractivity contribution in [2.75, 3.05) is 60.3 Å². The number of hydrogen-bond donors (Lipinski definition) is 1. The summed E-state index contributed by atoms with van der Waals surface area (Å²) in [6, 6.07) is 5.70. The molecule has 1 aliphatic heterocycles. The summed E-state index contributed by atoms with van der Waals surface area (Å²) in [6.07, 6.45) is 0. The third-order valence-corrected chi connectivity index (χ3v) is 3.76. The van der Waals surface area contributed by atoms with Gasteiger partial charge >= 0.3 is 0 Å². The molecule has 1 N–H and O–H groups in total. The molecule has 1 heterocycles. The molecule has 0 spiro atoms. The van der Waals surface area contributed by atoms with E-state index in [4.69, 9.17) is 18.9 Å². The Balaban J connectivity index is 0.00000312. The van der Waals surface area contributed by atoms with Crippen LogP contribution in [0.5, 0.6) is 11.5 Å². The number of rotatable bonds is 9. The zero-order chi connectivity index (χ0) is 17.2. The summed E-state index contributed by atoms with van der Waals surface area (Å²) < 4.78 is 21.3. The molecule has 1 aliphatic rings. The molecular weight excluding hydrogens is 348 g/mol. The van der Waals surface area contributed by atoms with E-state index >= 15 is 0 Å². The second-order valence-corrected chi connectivity index (χ2v) is 5.44. The number of hydrogen-bond acceptors (Lipinski definition) is 6. The van der Waals surface area contributed by atoms with Crippen molar-refractivity contribution in [3.05, 3.63) is 23.8 Å². The van der Waals surface area contributed by atoms with Crippen LogP contribution in [0, 0.1) is 0 Å². The van der Waals surface area contributed by atoms with Crippen molar-refractivity contribution in [3.8, 4) is 11.5 Å². The Morgan fingerprint density at radius 2 is 2.00 bits per heavy atom. The van der Waals surface area contributed by atoms with Crippen LogP contribution in [0.1, 0.15) is 5.56 Å². The lowest BCUT2D eigenvalue weighted by molar-refractivity contribution is -0.137. The average Bonchev–Trinajstić information content (AvgIpc) is 2.64. The van der Waals surface area contributed by atoms with Gasteiger partial charge in [0, 0.05) is 33.3 Å². The van der Waals surface area contributed by atoms with Crippen LogP contribution in [0.4, 0.5) is 0 Å². The maximum Gasteiger partial charge on any atom is 0.260 e. The number of ether oxygens (including phenoxy) is 4. The van der Waals surface area contributed by atoms with Gasteiger partial charge in [0.2, 0.25) is 0 Å². The molecule has 1 amide bonds. The van der Waals surface area contributed by atoms with Gasteiger partial charge in [0.25, 0.3) is 5.91 Å². The van der Waals surface area contributed by atoms with Crippen LogP contribution >= 0.6 is 12.4 Å². The molecule has 142 valence electrons. The molecule has 2 rings (SSSR count). The third-order valence-electron chi connectivity index (χ3n) is 3.76. The van der Waals surface area contributed by atoms with Gasteiger partial charge in [-0.3, -0.25) is 4.79 Å². The van der Waals surface area contributed by atoms with Crippen molar-refractivity contribution in [2.45, 2.75) is 6.54 Å². The number of halogens is 1. The summed E-state index contributed by atoms with van der Waals surface area (Å²) in [5.41, 5.74) is 1.08. The van der Waals surface area contributed by atoms with E-state index in [1.165, 1.54) is 0 Å². The number of carbonyl (C=O) groups is 1. The first-order chi connectivity index (χ1) is 11.7. The van der Waals surface area contributed by atoms with Crippen molar-refractivity contribution in [1.82, 2.24) is 10.2 Å². The molecular formula is C17H27ClN2O5. The third kappa shape index (κ3) is 7.07. The first-order valence-electron chi connectivity index (χ1n) is 8.09. The minimum atomic E-state index is -0.0364. The molecule has 1 saturated heterocycles. The van der Waals surface area contributed by atoms with Gasteiger partial charge in [-0.25, -0.2) is 0 Å². The number of nitrogens with zero attached hydrogens (tertiary/aromatic N) is 1.